The number of hydrogen-bond donors (Lipinski definition) is 1. The smallest absolute Gasteiger partial charge is 0.260 e. The number of furan rings is 1. The number of anilines is 1. The number of piperidine rings is 1. The van der Waals surface area contributed by atoms with Gasteiger partial charge in [0.25, 0.3) is 5.91 Å². The number of carbonyl (C=O) groups excluding carboxylic acids is 1. The van der Waals surface area contributed by atoms with Gasteiger partial charge in [0.05, 0.1) is 17.5 Å². The molecule has 2 aromatic heterocycles. The number of hydrogen-bond acceptors (Lipinski definition) is 5. The molecule has 1 amide bonds. The molecular formula is C16H21N3O2S. The number of thiazole rings is 1. The molecule has 0 saturated carbocycles. The molecule has 1 unspecified atom stereocenters. The minimum Gasteiger partial charge on any atom is -0.469 e. The predicted molar refractivity (Wildman–Crippen MR) is 87.2 cm³/mol. The van der Waals surface area contributed by atoms with Crippen LogP contribution in [-0.2, 0) is 6.54 Å². The van der Waals surface area contributed by atoms with E-state index in [1.165, 1.54) is 30.4 Å². The number of likely N-dealkylation sites (tertiary alicyclic amines) is 1. The first-order valence-electron chi connectivity index (χ1n) is 7.64. The summed E-state index contributed by atoms with van der Waals surface area (Å²) in [6.07, 6.45) is 4.10. The second kappa shape index (κ2) is 6.62. The van der Waals surface area contributed by atoms with E-state index in [1.54, 1.807) is 13.0 Å². The van der Waals surface area contributed by atoms with Crippen molar-refractivity contribution in [2.45, 2.75) is 33.2 Å². The highest BCUT2D eigenvalue weighted by Gasteiger charge is 2.18. The molecule has 1 aliphatic heterocycles. The van der Waals surface area contributed by atoms with Gasteiger partial charge < -0.3 is 4.42 Å². The van der Waals surface area contributed by atoms with Gasteiger partial charge in [-0.25, -0.2) is 4.98 Å². The Bertz CT molecular complexity index is 649. The minimum absolute atomic E-state index is 0.168. The fourth-order valence-corrected chi connectivity index (χ4v) is 3.58. The first kappa shape index (κ1) is 15.2. The Morgan fingerprint density at radius 1 is 1.59 bits per heavy atom. The van der Waals surface area contributed by atoms with Crippen molar-refractivity contribution in [3.05, 3.63) is 34.7 Å². The van der Waals surface area contributed by atoms with Crippen molar-refractivity contribution in [2.75, 3.05) is 18.4 Å². The third-order valence-electron chi connectivity index (χ3n) is 4.00. The monoisotopic (exact) mass is 319 g/mol. The molecule has 6 heteroatoms. The minimum atomic E-state index is -0.168. The highest BCUT2D eigenvalue weighted by atomic mass is 32.1. The Balaban J connectivity index is 1.59. The van der Waals surface area contributed by atoms with Crippen molar-refractivity contribution >= 4 is 22.4 Å². The molecule has 1 saturated heterocycles. The van der Waals surface area contributed by atoms with Gasteiger partial charge in [-0.15, -0.1) is 11.3 Å². The quantitative estimate of drug-likeness (QED) is 0.936. The van der Waals surface area contributed by atoms with Crippen LogP contribution < -0.4 is 5.32 Å². The number of aryl methyl sites for hydroxylation is 1. The summed E-state index contributed by atoms with van der Waals surface area (Å²) < 4.78 is 5.15. The molecule has 0 spiro atoms. The SMILES string of the molecule is Cc1occc1C(=O)Nc1nc(CN2CCCC(C)C2)cs1. The summed E-state index contributed by atoms with van der Waals surface area (Å²) in [4.78, 5) is 19.1. The molecule has 0 aromatic carbocycles. The van der Waals surface area contributed by atoms with Crippen molar-refractivity contribution in [3.63, 3.8) is 0 Å². The molecule has 2 aromatic rings. The topological polar surface area (TPSA) is 58.4 Å². The summed E-state index contributed by atoms with van der Waals surface area (Å²) in [5, 5.41) is 5.51. The molecular weight excluding hydrogens is 298 g/mol. The van der Waals surface area contributed by atoms with E-state index in [2.05, 4.69) is 22.1 Å². The molecule has 118 valence electrons. The first-order chi connectivity index (χ1) is 10.6. The van der Waals surface area contributed by atoms with Gasteiger partial charge >= 0.3 is 0 Å². The fraction of sp³-hybridized carbons (Fsp3) is 0.500. The lowest BCUT2D eigenvalue weighted by Gasteiger charge is -2.30. The number of amides is 1. The van der Waals surface area contributed by atoms with Crippen LogP contribution in [0, 0.1) is 12.8 Å². The average molecular weight is 319 g/mol. The summed E-state index contributed by atoms with van der Waals surface area (Å²) >= 11 is 1.47. The van der Waals surface area contributed by atoms with E-state index in [0.29, 0.717) is 16.5 Å². The molecule has 22 heavy (non-hydrogen) atoms. The highest BCUT2D eigenvalue weighted by Crippen LogP contribution is 2.21. The van der Waals surface area contributed by atoms with Crippen LogP contribution in [0.25, 0.3) is 0 Å². The average Bonchev–Trinajstić information content (AvgIpc) is 3.08. The van der Waals surface area contributed by atoms with Gasteiger partial charge in [0, 0.05) is 18.5 Å². The van der Waals surface area contributed by atoms with Crippen LogP contribution in [0.2, 0.25) is 0 Å². The van der Waals surface area contributed by atoms with E-state index in [1.807, 2.05) is 5.38 Å². The molecule has 1 atom stereocenters. The molecule has 3 rings (SSSR count). The molecule has 3 heterocycles. The van der Waals surface area contributed by atoms with E-state index in [0.717, 1.165) is 31.2 Å². The largest absolute Gasteiger partial charge is 0.469 e. The van der Waals surface area contributed by atoms with Gasteiger partial charge in [0.2, 0.25) is 0 Å². The van der Waals surface area contributed by atoms with Gasteiger partial charge in [-0.1, -0.05) is 6.92 Å². The number of carbonyl (C=O) groups is 1. The Labute approximate surface area is 134 Å². The molecule has 0 aliphatic carbocycles. The maximum atomic E-state index is 12.1. The summed E-state index contributed by atoms with van der Waals surface area (Å²) in [6, 6.07) is 1.67. The van der Waals surface area contributed by atoms with Crippen LogP contribution in [-0.4, -0.2) is 28.9 Å². The van der Waals surface area contributed by atoms with Gasteiger partial charge in [-0.2, -0.15) is 0 Å². The lowest BCUT2D eigenvalue weighted by atomic mass is 10.0. The number of nitrogens with one attached hydrogen (secondary N) is 1. The Hall–Kier alpha value is -1.66. The normalized spacial score (nSPS) is 19.3. The van der Waals surface area contributed by atoms with Crippen LogP contribution in [0.1, 0.15) is 41.6 Å². The van der Waals surface area contributed by atoms with E-state index in [9.17, 15) is 4.79 Å². The second-order valence-corrected chi connectivity index (χ2v) is 6.83. The van der Waals surface area contributed by atoms with Crippen LogP contribution in [0.4, 0.5) is 5.13 Å². The Kier molecular flexibility index (Phi) is 4.59. The van der Waals surface area contributed by atoms with Crippen molar-refractivity contribution in [2.24, 2.45) is 5.92 Å². The van der Waals surface area contributed by atoms with Crippen molar-refractivity contribution in [1.29, 1.82) is 0 Å². The Morgan fingerprint density at radius 2 is 2.45 bits per heavy atom. The lowest BCUT2D eigenvalue weighted by Crippen LogP contribution is -2.33. The van der Waals surface area contributed by atoms with Gasteiger partial charge in [-0.3, -0.25) is 15.0 Å². The number of rotatable bonds is 4. The van der Waals surface area contributed by atoms with Gasteiger partial charge in [0.1, 0.15) is 5.76 Å². The van der Waals surface area contributed by atoms with Crippen molar-refractivity contribution < 1.29 is 9.21 Å². The fourth-order valence-electron chi connectivity index (χ4n) is 2.88. The summed E-state index contributed by atoms with van der Waals surface area (Å²) in [7, 11) is 0. The first-order valence-corrected chi connectivity index (χ1v) is 8.52. The van der Waals surface area contributed by atoms with Crippen LogP contribution in [0.15, 0.2) is 22.1 Å². The predicted octanol–water partition coefficient (Wildman–Crippen LogP) is 3.53. The standard InChI is InChI=1S/C16H21N3O2S/c1-11-4-3-6-19(8-11)9-13-10-22-16(17-13)18-15(20)14-5-7-21-12(14)2/h5,7,10-11H,3-4,6,8-9H2,1-2H3,(H,17,18,20). The van der Waals surface area contributed by atoms with E-state index in [-0.39, 0.29) is 5.91 Å². The number of nitrogens with zero attached hydrogens (tertiary/aromatic N) is 2. The summed E-state index contributed by atoms with van der Waals surface area (Å²) in [5.41, 5.74) is 1.58. The third-order valence-corrected chi connectivity index (χ3v) is 4.81. The highest BCUT2D eigenvalue weighted by molar-refractivity contribution is 7.13. The van der Waals surface area contributed by atoms with Gasteiger partial charge in [-0.05, 0) is 38.3 Å². The second-order valence-electron chi connectivity index (χ2n) is 5.97. The van der Waals surface area contributed by atoms with Crippen LogP contribution in [0.3, 0.4) is 0 Å². The van der Waals surface area contributed by atoms with Crippen molar-refractivity contribution in [1.82, 2.24) is 9.88 Å². The summed E-state index contributed by atoms with van der Waals surface area (Å²) in [6.45, 7) is 7.21. The zero-order valence-corrected chi connectivity index (χ0v) is 13.8. The molecule has 0 radical (unpaired) electrons. The molecule has 1 fully saturated rings. The third kappa shape index (κ3) is 3.56. The molecule has 0 bridgehead atoms. The lowest BCUT2D eigenvalue weighted by molar-refractivity contribution is 0.102. The van der Waals surface area contributed by atoms with Crippen molar-refractivity contribution in [3.8, 4) is 0 Å². The molecule has 5 nitrogen and oxygen atoms in total. The number of aromatic nitrogens is 1. The maximum absolute atomic E-state index is 12.1. The summed E-state index contributed by atoms with van der Waals surface area (Å²) in [5.74, 6) is 1.21. The van der Waals surface area contributed by atoms with Gasteiger partial charge in [0.15, 0.2) is 5.13 Å². The van der Waals surface area contributed by atoms with E-state index < -0.39 is 0 Å². The zero-order chi connectivity index (χ0) is 15.5. The molecule has 1 aliphatic rings. The maximum Gasteiger partial charge on any atom is 0.260 e. The molecule has 1 N–H and O–H groups in total. The van der Waals surface area contributed by atoms with E-state index in [4.69, 9.17) is 4.42 Å². The van der Waals surface area contributed by atoms with E-state index >= 15 is 0 Å². The Morgan fingerprint density at radius 3 is 3.18 bits per heavy atom. The van der Waals surface area contributed by atoms with Crippen LogP contribution >= 0.6 is 11.3 Å². The zero-order valence-electron chi connectivity index (χ0n) is 13.0. The van der Waals surface area contributed by atoms with Crippen LogP contribution in [0.5, 0.6) is 0 Å².